The third kappa shape index (κ3) is 3.21. The van der Waals surface area contributed by atoms with Gasteiger partial charge in [-0.1, -0.05) is 13.0 Å². The van der Waals surface area contributed by atoms with E-state index >= 15 is 0 Å². The summed E-state index contributed by atoms with van der Waals surface area (Å²) in [7, 11) is 1.34. The van der Waals surface area contributed by atoms with Gasteiger partial charge in [-0.2, -0.15) is 5.26 Å². The number of halogens is 1. The molecule has 0 aromatic heterocycles. The molecule has 90 valence electrons. The van der Waals surface area contributed by atoms with Crippen molar-refractivity contribution in [3.63, 3.8) is 0 Å². The highest BCUT2D eigenvalue weighted by atomic mass is 35.5. The molecule has 0 bridgehead atoms. The molecule has 1 rings (SSSR count). The van der Waals surface area contributed by atoms with E-state index in [4.69, 9.17) is 16.9 Å². The van der Waals surface area contributed by atoms with Crippen LogP contribution in [0.4, 0.5) is 0 Å². The number of hydrogen-bond acceptors (Lipinski definition) is 3. The molecule has 0 saturated heterocycles. The maximum Gasteiger partial charge on any atom is 0.309 e. The van der Waals surface area contributed by atoms with Gasteiger partial charge in [0.05, 0.1) is 25.2 Å². The number of nitrogens with zero attached hydrogens (tertiary/aromatic N) is 1. The Balaban J connectivity index is 3.19. The third-order valence-corrected chi connectivity index (χ3v) is 2.88. The van der Waals surface area contributed by atoms with Gasteiger partial charge in [0.15, 0.2) is 0 Å². The molecule has 4 heteroatoms. The number of esters is 1. The fraction of sp³-hybridized carbons (Fsp3) is 0.385. The molecule has 0 N–H and O–H groups in total. The van der Waals surface area contributed by atoms with Crippen molar-refractivity contribution < 1.29 is 9.53 Å². The predicted molar refractivity (Wildman–Crippen MR) is 65.8 cm³/mol. The lowest BCUT2D eigenvalue weighted by atomic mass is 9.96. The molecule has 0 fully saturated rings. The number of carbonyl (C=O) groups is 1. The quantitative estimate of drug-likeness (QED) is 0.610. The Morgan fingerprint density at radius 2 is 2.24 bits per heavy atom. The lowest BCUT2D eigenvalue weighted by molar-refractivity contribution is -0.139. The van der Waals surface area contributed by atoms with Crippen LogP contribution in [0, 0.1) is 11.3 Å². The Bertz CT molecular complexity index is 463. The van der Waals surface area contributed by atoms with E-state index in [1.54, 1.807) is 6.07 Å². The minimum Gasteiger partial charge on any atom is -0.469 e. The average Bonchev–Trinajstić information content (AvgIpc) is 2.37. The van der Waals surface area contributed by atoms with Gasteiger partial charge >= 0.3 is 5.97 Å². The third-order valence-electron chi connectivity index (χ3n) is 2.60. The van der Waals surface area contributed by atoms with Crippen molar-refractivity contribution in [2.75, 3.05) is 7.11 Å². The zero-order valence-electron chi connectivity index (χ0n) is 9.92. The van der Waals surface area contributed by atoms with Crippen LogP contribution in [0.1, 0.15) is 29.2 Å². The molecule has 0 aliphatic rings. The summed E-state index contributed by atoms with van der Waals surface area (Å²) in [6.07, 6.45) is 0.919. The van der Waals surface area contributed by atoms with Crippen molar-refractivity contribution in [1.29, 1.82) is 5.26 Å². The number of ether oxygens (including phenoxy) is 1. The van der Waals surface area contributed by atoms with Crippen LogP contribution < -0.4 is 0 Å². The summed E-state index contributed by atoms with van der Waals surface area (Å²) in [4.78, 5) is 11.2. The number of nitriles is 1. The van der Waals surface area contributed by atoms with Crippen molar-refractivity contribution in [2.24, 2.45) is 0 Å². The van der Waals surface area contributed by atoms with E-state index in [0.29, 0.717) is 11.4 Å². The van der Waals surface area contributed by atoms with E-state index in [9.17, 15) is 4.79 Å². The molecule has 0 spiro atoms. The summed E-state index contributed by atoms with van der Waals surface area (Å²) in [6.45, 7) is 1.98. The fourth-order valence-electron chi connectivity index (χ4n) is 1.78. The summed E-state index contributed by atoms with van der Waals surface area (Å²) in [5, 5.41) is 9.08. The van der Waals surface area contributed by atoms with Crippen LogP contribution in [0.15, 0.2) is 12.1 Å². The van der Waals surface area contributed by atoms with E-state index < -0.39 is 0 Å². The highest BCUT2D eigenvalue weighted by Gasteiger charge is 2.11. The van der Waals surface area contributed by atoms with Crippen molar-refractivity contribution in [3.05, 3.63) is 34.4 Å². The van der Waals surface area contributed by atoms with Crippen molar-refractivity contribution in [3.8, 4) is 6.07 Å². The van der Waals surface area contributed by atoms with Crippen LogP contribution in [0.2, 0.25) is 0 Å². The first kappa shape index (κ1) is 13.5. The van der Waals surface area contributed by atoms with Crippen LogP contribution in [0.25, 0.3) is 0 Å². The summed E-state index contributed by atoms with van der Waals surface area (Å²) in [5.41, 5.74) is 3.22. The van der Waals surface area contributed by atoms with Gasteiger partial charge in [-0.3, -0.25) is 4.79 Å². The van der Waals surface area contributed by atoms with Gasteiger partial charge < -0.3 is 4.74 Å². The smallest absolute Gasteiger partial charge is 0.309 e. The Morgan fingerprint density at radius 1 is 1.53 bits per heavy atom. The highest BCUT2D eigenvalue weighted by molar-refractivity contribution is 6.17. The molecular formula is C13H14ClNO2. The first-order valence-corrected chi connectivity index (χ1v) is 5.87. The minimum atomic E-state index is -0.321. The van der Waals surface area contributed by atoms with E-state index in [1.165, 1.54) is 7.11 Å². The number of rotatable bonds is 4. The second-order valence-electron chi connectivity index (χ2n) is 3.63. The van der Waals surface area contributed by atoms with Gasteiger partial charge in [0.25, 0.3) is 0 Å². The van der Waals surface area contributed by atoms with Gasteiger partial charge in [-0.05, 0) is 29.2 Å². The molecule has 0 atom stereocenters. The second kappa shape index (κ2) is 6.27. The molecule has 0 saturated carbocycles. The van der Waals surface area contributed by atoms with E-state index in [1.807, 2.05) is 13.0 Å². The maximum absolute atomic E-state index is 11.2. The molecule has 1 aromatic rings. The second-order valence-corrected chi connectivity index (χ2v) is 3.90. The minimum absolute atomic E-state index is 0.166. The number of alkyl halides is 1. The summed E-state index contributed by atoms with van der Waals surface area (Å²) in [6, 6.07) is 5.73. The zero-order valence-corrected chi connectivity index (χ0v) is 10.7. The van der Waals surface area contributed by atoms with E-state index in [0.717, 1.165) is 23.1 Å². The first-order valence-electron chi connectivity index (χ1n) is 5.33. The lowest BCUT2D eigenvalue weighted by Gasteiger charge is -2.10. The molecular weight excluding hydrogens is 238 g/mol. The highest BCUT2D eigenvalue weighted by Crippen LogP contribution is 2.20. The number of methoxy groups -OCH3 is 1. The van der Waals surface area contributed by atoms with Crippen LogP contribution in [0.5, 0.6) is 0 Å². The van der Waals surface area contributed by atoms with Gasteiger partial charge in [-0.15, -0.1) is 11.6 Å². The van der Waals surface area contributed by atoms with Crippen molar-refractivity contribution >= 4 is 17.6 Å². The summed E-state index contributed by atoms with van der Waals surface area (Å²) >= 11 is 5.86. The fourth-order valence-corrected chi connectivity index (χ4v) is 2.01. The topological polar surface area (TPSA) is 50.1 Å². The Hall–Kier alpha value is -1.53. The van der Waals surface area contributed by atoms with Gasteiger partial charge in [0, 0.05) is 5.88 Å². The molecule has 3 nitrogen and oxygen atoms in total. The largest absolute Gasteiger partial charge is 0.469 e. The van der Waals surface area contributed by atoms with Crippen LogP contribution in [-0.4, -0.2) is 13.1 Å². The molecule has 0 aliphatic heterocycles. The normalized spacial score (nSPS) is 9.76. The summed E-state index contributed by atoms with van der Waals surface area (Å²) in [5.74, 6) is 0.0195. The average molecular weight is 252 g/mol. The zero-order chi connectivity index (χ0) is 12.8. The first-order chi connectivity index (χ1) is 8.15. The molecule has 1 aromatic carbocycles. The Kier molecular flexibility index (Phi) is 4.99. The van der Waals surface area contributed by atoms with Crippen LogP contribution in [-0.2, 0) is 28.3 Å². The molecule has 0 heterocycles. The van der Waals surface area contributed by atoms with E-state index in [-0.39, 0.29) is 12.4 Å². The van der Waals surface area contributed by atoms with Crippen LogP contribution >= 0.6 is 11.6 Å². The van der Waals surface area contributed by atoms with Gasteiger partial charge in [0.2, 0.25) is 0 Å². The lowest BCUT2D eigenvalue weighted by Crippen LogP contribution is -2.06. The Labute approximate surface area is 106 Å². The van der Waals surface area contributed by atoms with E-state index in [2.05, 4.69) is 10.8 Å². The monoisotopic (exact) mass is 251 g/mol. The number of carbonyl (C=O) groups excluding carboxylic acids is 1. The summed E-state index contributed by atoms with van der Waals surface area (Å²) < 4.78 is 4.60. The molecule has 0 unspecified atom stereocenters. The number of hydrogen-bond donors (Lipinski definition) is 0. The van der Waals surface area contributed by atoms with Crippen molar-refractivity contribution in [1.82, 2.24) is 0 Å². The molecule has 0 aliphatic carbocycles. The van der Waals surface area contributed by atoms with Gasteiger partial charge in [0.1, 0.15) is 0 Å². The standard InChI is InChI=1S/C13H14ClNO2/c1-3-12-10(7-14)4-9(5-11(12)8-15)6-13(16)17-2/h4-5H,3,6-7H2,1-2H3. The van der Waals surface area contributed by atoms with Gasteiger partial charge in [-0.25, -0.2) is 0 Å². The van der Waals surface area contributed by atoms with Crippen molar-refractivity contribution in [2.45, 2.75) is 25.6 Å². The predicted octanol–water partition coefficient (Wildman–Crippen LogP) is 2.57. The molecule has 0 amide bonds. The Morgan fingerprint density at radius 3 is 2.71 bits per heavy atom. The molecule has 0 radical (unpaired) electrons. The van der Waals surface area contributed by atoms with Crippen LogP contribution in [0.3, 0.4) is 0 Å². The SMILES string of the molecule is CCc1c(C#N)cc(CC(=O)OC)cc1CCl. The molecule has 17 heavy (non-hydrogen) atoms. The maximum atomic E-state index is 11.2. The number of benzene rings is 1.